The lowest BCUT2D eigenvalue weighted by atomic mass is 10.0. The summed E-state index contributed by atoms with van der Waals surface area (Å²) in [6.45, 7) is 2.18. The lowest BCUT2D eigenvalue weighted by Gasteiger charge is -2.35. The molecule has 1 fully saturated rings. The third-order valence-corrected chi connectivity index (χ3v) is 4.61. The molecule has 1 unspecified atom stereocenters. The van der Waals surface area contributed by atoms with E-state index in [1.807, 2.05) is 6.92 Å². The van der Waals surface area contributed by atoms with Crippen LogP contribution in [0.25, 0.3) is 0 Å². The summed E-state index contributed by atoms with van der Waals surface area (Å²) in [5, 5.41) is 0.560. The number of urea groups is 1. The minimum Gasteiger partial charge on any atom is -0.467 e. The predicted octanol–water partition coefficient (Wildman–Crippen LogP) is 4.04. The van der Waals surface area contributed by atoms with Gasteiger partial charge >= 0.3 is 6.03 Å². The highest BCUT2D eigenvalue weighted by Crippen LogP contribution is 2.22. The number of hydrogen-bond acceptors (Lipinski definition) is 5. The third kappa shape index (κ3) is 4.31. The van der Waals surface area contributed by atoms with Crippen LogP contribution in [0.5, 0.6) is 0 Å². The molecule has 2 aromatic rings. The molecule has 0 aliphatic carbocycles. The van der Waals surface area contributed by atoms with Crippen LogP contribution >= 0.6 is 11.6 Å². The smallest absolute Gasteiger partial charge is 0.333 e. The molecule has 8 heteroatoms. The highest BCUT2D eigenvalue weighted by atomic mass is 35.5. The van der Waals surface area contributed by atoms with Crippen molar-refractivity contribution in [1.29, 1.82) is 0 Å². The van der Waals surface area contributed by atoms with Gasteiger partial charge in [0.15, 0.2) is 5.92 Å². The summed E-state index contributed by atoms with van der Waals surface area (Å²) in [5.41, 5.74) is 0.555. The van der Waals surface area contributed by atoms with E-state index >= 15 is 0 Å². The molecule has 0 N–H and O–H groups in total. The Kier molecular flexibility index (Phi) is 6.26. The van der Waals surface area contributed by atoms with E-state index in [0.717, 1.165) is 16.2 Å². The van der Waals surface area contributed by atoms with E-state index in [1.54, 1.807) is 36.4 Å². The van der Waals surface area contributed by atoms with Crippen molar-refractivity contribution >= 4 is 41.3 Å². The van der Waals surface area contributed by atoms with Gasteiger partial charge in [-0.15, -0.1) is 0 Å². The number of carbonyl (C=O) groups is 3. The number of nitrogens with zero attached hydrogens (tertiary/aromatic N) is 3. The fraction of sp³-hybridized carbons (Fsp3) is 0.300. The molecule has 1 atom stereocenters. The van der Waals surface area contributed by atoms with Gasteiger partial charge in [-0.2, -0.15) is 0 Å². The van der Waals surface area contributed by atoms with Crippen molar-refractivity contribution in [3.05, 3.63) is 53.4 Å². The van der Waals surface area contributed by atoms with Gasteiger partial charge in [-0.3, -0.25) is 24.4 Å². The van der Waals surface area contributed by atoms with Gasteiger partial charge in [0.2, 0.25) is 11.8 Å². The van der Waals surface area contributed by atoms with E-state index in [-0.39, 0.29) is 13.1 Å². The first-order valence-corrected chi connectivity index (χ1v) is 9.38. The molecule has 1 aromatic heterocycles. The fourth-order valence-corrected chi connectivity index (χ4v) is 2.94. The maximum atomic E-state index is 12.9. The lowest BCUT2D eigenvalue weighted by Crippen LogP contribution is -2.59. The molecule has 146 valence electrons. The first kappa shape index (κ1) is 19.8. The summed E-state index contributed by atoms with van der Waals surface area (Å²) in [5.74, 6) is -1.88. The van der Waals surface area contributed by atoms with E-state index in [4.69, 9.17) is 16.0 Å². The molecule has 1 saturated heterocycles. The van der Waals surface area contributed by atoms with Crippen LogP contribution in [-0.2, 0) is 16.1 Å². The van der Waals surface area contributed by atoms with Crippen molar-refractivity contribution in [3.8, 4) is 0 Å². The van der Waals surface area contributed by atoms with Gasteiger partial charge in [0, 0.05) is 17.8 Å². The molecule has 0 radical (unpaired) electrons. The lowest BCUT2D eigenvalue weighted by molar-refractivity contribution is -0.146. The number of benzene rings is 1. The fourth-order valence-electron chi connectivity index (χ4n) is 2.82. The minimum absolute atomic E-state index is 0.0359. The minimum atomic E-state index is -1.17. The summed E-state index contributed by atoms with van der Waals surface area (Å²) < 4.78 is 5.26. The zero-order valence-corrected chi connectivity index (χ0v) is 16.1. The Balaban J connectivity index is 1.87. The Morgan fingerprint density at radius 2 is 1.82 bits per heavy atom. The molecule has 1 aliphatic heterocycles. The number of hydrogen-bond donors (Lipinski definition) is 0. The normalized spacial score (nSPS) is 17.8. The van der Waals surface area contributed by atoms with Crippen molar-refractivity contribution in [2.75, 3.05) is 6.54 Å². The summed E-state index contributed by atoms with van der Waals surface area (Å²) in [6, 6.07) is 9.40. The summed E-state index contributed by atoms with van der Waals surface area (Å²) in [7, 11) is 0. The van der Waals surface area contributed by atoms with Gasteiger partial charge in [-0.05, 0) is 42.8 Å². The maximum Gasteiger partial charge on any atom is 0.333 e. The average Bonchev–Trinajstić information content (AvgIpc) is 3.20. The molecule has 0 spiro atoms. The number of rotatable bonds is 7. The van der Waals surface area contributed by atoms with E-state index in [0.29, 0.717) is 22.9 Å². The molecule has 2 heterocycles. The Labute approximate surface area is 167 Å². The van der Waals surface area contributed by atoms with Crippen molar-refractivity contribution in [2.24, 2.45) is 10.9 Å². The zero-order valence-electron chi connectivity index (χ0n) is 15.4. The number of carbonyl (C=O) groups excluding carboxylic acids is 3. The van der Waals surface area contributed by atoms with E-state index in [2.05, 4.69) is 4.99 Å². The van der Waals surface area contributed by atoms with Crippen molar-refractivity contribution in [1.82, 2.24) is 9.80 Å². The van der Waals surface area contributed by atoms with Crippen LogP contribution in [0.15, 0.2) is 52.1 Å². The molecule has 4 amide bonds. The molecular weight excluding hydrogens is 382 g/mol. The summed E-state index contributed by atoms with van der Waals surface area (Å²) in [4.78, 5) is 44.8. The number of amides is 4. The van der Waals surface area contributed by atoms with E-state index < -0.39 is 23.8 Å². The van der Waals surface area contributed by atoms with Gasteiger partial charge < -0.3 is 4.42 Å². The Hall–Kier alpha value is -2.93. The van der Waals surface area contributed by atoms with Gasteiger partial charge in [0.05, 0.1) is 18.5 Å². The maximum absolute atomic E-state index is 12.9. The van der Waals surface area contributed by atoms with Crippen molar-refractivity contribution in [3.63, 3.8) is 0 Å². The van der Waals surface area contributed by atoms with Crippen LogP contribution in [0.2, 0.25) is 5.02 Å². The highest BCUT2D eigenvalue weighted by Gasteiger charge is 2.45. The second kappa shape index (κ2) is 8.84. The largest absolute Gasteiger partial charge is 0.467 e. The summed E-state index contributed by atoms with van der Waals surface area (Å²) in [6.07, 6.45) is 4.22. The van der Waals surface area contributed by atoms with Gasteiger partial charge in [-0.25, -0.2) is 4.79 Å². The number of halogens is 1. The quantitative estimate of drug-likeness (QED) is 0.517. The van der Waals surface area contributed by atoms with Crippen LogP contribution in [0.3, 0.4) is 0 Å². The van der Waals surface area contributed by atoms with E-state index in [9.17, 15) is 14.4 Å². The standard InChI is InChI=1S/C20H20ClN3O4/c1-2-3-10-23-18(25)17(12-22-15-8-6-14(21)7-9-15)19(26)24(20(23)27)13-16-5-4-11-28-16/h4-9,11-12,17H,2-3,10,13H2,1H3. The third-order valence-electron chi connectivity index (χ3n) is 4.35. The molecule has 1 aromatic carbocycles. The topological polar surface area (TPSA) is 83.2 Å². The van der Waals surface area contributed by atoms with Crippen LogP contribution in [0.4, 0.5) is 10.5 Å². The van der Waals surface area contributed by atoms with Gasteiger partial charge in [0.25, 0.3) is 0 Å². The molecule has 3 rings (SSSR count). The monoisotopic (exact) mass is 401 g/mol. The predicted molar refractivity (Wildman–Crippen MR) is 104 cm³/mol. The molecule has 0 saturated carbocycles. The molecule has 7 nitrogen and oxygen atoms in total. The highest BCUT2D eigenvalue weighted by molar-refractivity contribution is 6.30. The van der Waals surface area contributed by atoms with Crippen LogP contribution in [0.1, 0.15) is 25.5 Å². The number of barbiturate groups is 1. The average molecular weight is 402 g/mol. The number of aliphatic imine (C=N–C) groups is 1. The second-order valence-electron chi connectivity index (χ2n) is 6.36. The van der Waals surface area contributed by atoms with E-state index in [1.165, 1.54) is 12.5 Å². The van der Waals surface area contributed by atoms with Crippen LogP contribution in [0, 0.1) is 5.92 Å². The second-order valence-corrected chi connectivity index (χ2v) is 6.80. The van der Waals surface area contributed by atoms with Crippen LogP contribution in [-0.4, -0.2) is 40.4 Å². The van der Waals surface area contributed by atoms with Gasteiger partial charge in [-0.1, -0.05) is 24.9 Å². The first-order chi connectivity index (χ1) is 13.5. The number of furan rings is 1. The Morgan fingerprint density at radius 3 is 2.46 bits per heavy atom. The molecule has 28 heavy (non-hydrogen) atoms. The Bertz CT molecular complexity index is 877. The zero-order chi connectivity index (χ0) is 20.1. The number of unbranched alkanes of at least 4 members (excludes halogenated alkanes) is 1. The molecule has 0 bridgehead atoms. The first-order valence-electron chi connectivity index (χ1n) is 9.00. The van der Waals surface area contributed by atoms with Crippen molar-refractivity contribution < 1.29 is 18.8 Å². The van der Waals surface area contributed by atoms with Gasteiger partial charge in [0.1, 0.15) is 5.76 Å². The number of imide groups is 2. The van der Waals surface area contributed by atoms with Crippen molar-refractivity contribution in [2.45, 2.75) is 26.3 Å². The molecule has 1 aliphatic rings. The molecular formula is C20H20ClN3O4. The Morgan fingerprint density at radius 1 is 1.11 bits per heavy atom. The SMILES string of the molecule is CCCCN1C(=O)C(C=Nc2ccc(Cl)cc2)C(=O)N(Cc2ccco2)C1=O. The summed E-state index contributed by atoms with van der Waals surface area (Å²) >= 11 is 5.86. The van der Waals surface area contributed by atoms with Crippen LogP contribution < -0.4 is 0 Å².